The molecule has 1 N–H and O–H groups in total. The number of benzene rings is 1. The van der Waals surface area contributed by atoms with Crippen LogP contribution in [0.15, 0.2) is 23.1 Å². The zero-order valence-corrected chi connectivity index (χ0v) is 9.84. The highest BCUT2D eigenvalue weighted by Gasteiger charge is 2.08. The Hall–Kier alpha value is -0.670. The summed E-state index contributed by atoms with van der Waals surface area (Å²) in [6.45, 7) is 2.14. The third kappa shape index (κ3) is 1.51. The highest BCUT2D eigenvalue weighted by Crippen LogP contribution is 2.38. The van der Waals surface area contributed by atoms with E-state index in [9.17, 15) is 5.11 Å². The fourth-order valence-electron chi connectivity index (χ4n) is 1.60. The Morgan fingerprint density at radius 3 is 2.86 bits per heavy atom. The first kappa shape index (κ1) is 9.87. The summed E-state index contributed by atoms with van der Waals surface area (Å²) >= 11 is 3.20. The van der Waals surface area contributed by atoms with Gasteiger partial charge >= 0.3 is 0 Å². The Kier molecular flexibility index (Phi) is 2.70. The molecular formula is C11H12OS2. The molecule has 1 aromatic heterocycles. The van der Waals surface area contributed by atoms with Crippen LogP contribution in [0, 0.1) is 0 Å². The van der Waals surface area contributed by atoms with Gasteiger partial charge in [0.15, 0.2) is 5.06 Å². The monoisotopic (exact) mass is 224 g/mol. The third-order valence-electron chi connectivity index (χ3n) is 2.31. The Balaban J connectivity index is 2.77. The molecule has 2 rings (SSSR count). The van der Waals surface area contributed by atoms with Gasteiger partial charge in [-0.15, -0.1) is 11.8 Å². The fourth-order valence-corrected chi connectivity index (χ4v) is 3.26. The molecule has 1 nitrogen and oxygen atoms in total. The molecule has 0 atom stereocenters. The molecule has 0 saturated carbocycles. The van der Waals surface area contributed by atoms with Crippen LogP contribution in [0.3, 0.4) is 0 Å². The lowest BCUT2D eigenvalue weighted by Gasteiger charge is -2.02. The van der Waals surface area contributed by atoms with Gasteiger partial charge in [0.05, 0.1) is 0 Å². The molecule has 0 aliphatic rings. The van der Waals surface area contributed by atoms with E-state index in [4.69, 9.17) is 0 Å². The molecular weight excluding hydrogens is 212 g/mol. The lowest BCUT2D eigenvalue weighted by Crippen LogP contribution is -1.80. The Morgan fingerprint density at radius 2 is 2.21 bits per heavy atom. The molecule has 0 unspecified atom stereocenters. The van der Waals surface area contributed by atoms with Crippen molar-refractivity contribution in [2.75, 3.05) is 6.26 Å². The zero-order chi connectivity index (χ0) is 10.1. The van der Waals surface area contributed by atoms with Gasteiger partial charge in [0.2, 0.25) is 0 Å². The Labute approximate surface area is 91.8 Å². The van der Waals surface area contributed by atoms with E-state index >= 15 is 0 Å². The van der Waals surface area contributed by atoms with Gasteiger partial charge in [-0.1, -0.05) is 24.3 Å². The summed E-state index contributed by atoms with van der Waals surface area (Å²) in [5.41, 5.74) is 1.32. The van der Waals surface area contributed by atoms with Crippen LogP contribution >= 0.6 is 23.1 Å². The summed E-state index contributed by atoms with van der Waals surface area (Å²) in [7, 11) is 0. The Morgan fingerprint density at radius 1 is 1.43 bits per heavy atom. The topological polar surface area (TPSA) is 20.2 Å². The number of hydrogen-bond donors (Lipinski definition) is 1. The maximum absolute atomic E-state index is 9.51. The van der Waals surface area contributed by atoms with Crippen molar-refractivity contribution in [3.05, 3.63) is 23.8 Å². The number of hydrogen-bond acceptors (Lipinski definition) is 3. The Bertz CT molecular complexity index is 419. The highest BCUT2D eigenvalue weighted by atomic mass is 32.2. The van der Waals surface area contributed by atoms with Crippen LogP contribution < -0.4 is 0 Å². The number of aromatic hydroxyl groups is 1. The van der Waals surface area contributed by atoms with Gasteiger partial charge in [-0.3, -0.25) is 0 Å². The van der Waals surface area contributed by atoms with Crippen molar-refractivity contribution in [2.24, 2.45) is 0 Å². The summed E-state index contributed by atoms with van der Waals surface area (Å²) in [5, 5.41) is 11.1. The summed E-state index contributed by atoms with van der Waals surface area (Å²) in [6.07, 6.45) is 3.08. The number of fused-ring (bicyclic) bond motifs is 1. The molecule has 0 saturated heterocycles. The molecule has 0 fully saturated rings. The number of rotatable bonds is 2. The van der Waals surface area contributed by atoms with Gasteiger partial charge in [-0.05, 0) is 24.3 Å². The number of aryl methyl sites for hydroxylation is 1. The molecule has 0 radical (unpaired) electrons. The summed E-state index contributed by atoms with van der Waals surface area (Å²) < 4.78 is 1.23. The van der Waals surface area contributed by atoms with Crippen molar-refractivity contribution in [1.82, 2.24) is 0 Å². The van der Waals surface area contributed by atoms with E-state index in [-0.39, 0.29) is 0 Å². The minimum absolute atomic E-state index is 0.413. The van der Waals surface area contributed by atoms with E-state index < -0.39 is 0 Å². The molecule has 2 aromatic rings. The summed E-state index contributed by atoms with van der Waals surface area (Å²) in [5.74, 6) is 0. The molecule has 3 heteroatoms. The average Bonchev–Trinajstić information content (AvgIpc) is 2.57. The van der Waals surface area contributed by atoms with Crippen molar-refractivity contribution < 1.29 is 5.11 Å². The van der Waals surface area contributed by atoms with E-state index in [2.05, 4.69) is 25.3 Å². The molecule has 1 heterocycles. The van der Waals surface area contributed by atoms with E-state index in [0.717, 1.165) is 6.42 Å². The van der Waals surface area contributed by atoms with E-state index in [1.54, 1.807) is 11.8 Å². The molecule has 1 aromatic carbocycles. The van der Waals surface area contributed by atoms with Gasteiger partial charge in [0.1, 0.15) is 0 Å². The first-order valence-corrected chi connectivity index (χ1v) is 6.58. The van der Waals surface area contributed by atoms with Gasteiger partial charge in [0.25, 0.3) is 0 Å². The van der Waals surface area contributed by atoms with E-state index in [1.165, 1.54) is 31.9 Å². The average molecular weight is 224 g/mol. The van der Waals surface area contributed by atoms with Crippen LogP contribution in [-0.2, 0) is 6.42 Å². The van der Waals surface area contributed by atoms with Crippen molar-refractivity contribution in [1.29, 1.82) is 0 Å². The second kappa shape index (κ2) is 3.83. The van der Waals surface area contributed by atoms with Crippen LogP contribution in [0.1, 0.15) is 12.5 Å². The van der Waals surface area contributed by atoms with Crippen LogP contribution in [-0.4, -0.2) is 11.4 Å². The lowest BCUT2D eigenvalue weighted by molar-refractivity contribution is 0.491. The van der Waals surface area contributed by atoms with Crippen molar-refractivity contribution in [2.45, 2.75) is 18.2 Å². The fraction of sp³-hybridized carbons (Fsp3) is 0.273. The largest absolute Gasteiger partial charge is 0.499 e. The number of thiophene rings is 1. The van der Waals surface area contributed by atoms with Gasteiger partial charge in [0, 0.05) is 21.0 Å². The van der Waals surface area contributed by atoms with Gasteiger partial charge < -0.3 is 5.11 Å². The van der Waals surface area contributed by atoms with Crippen LogP contribution in [0.2, 0.25) is 0 Å². The van der Waals surface area contributed by atoms with Crippen molar-refractivity contribution in [3.63, 3.8) is 0 Å². The van der Waals surface area contributed by atoms with Crippen molar-refractivity contribution >= 4 is 33.2 Å². The first-order chi connectivity index (χ1) is 6.76. The lowest BCUT2D eigenvalue weighted by atomic mass is 10.1. The standard InChI is InChI=1S/C11H12OS2/c1-3-7-4-5-9(13-2)8-6-10(12)14-11(7)8/h4-6,12H,3H2,1-2H3. The van der Waals surface area contributed by atoms with E-state index in [0.29, 0.717) is 5.06 Å². The summed E-state index contributed by atoms with van der Waals surface area (Å²) in [4.78, 5) is 1.24. The second-order valence-electron chi connectivity index (χ2n) is 3.11. The van der Waals surface area contributed by atoms with Crippen molar-refractivity contribution in [3.8, 4) is 5.06 Å². The molecule has 0 aliphatic heterocycles. The highest BCUT2D eigenvalue weighted by molar-refractivity contribution is 7.98. The zero-order valence-electron chi connectivity index (χ0n) is 8.20. The van der Waals surface area contributed by atoms with Crippen LogP contribution in [0.4, 0.5) is 0 Å². The maximum Gasteiger partial charge on any atom is 0.172 e. The maximum atomic E-state index is 9.51. The molecule has 0 bridgehead atoms. The molecule has 0 spiro atoms. The minimum atomic E-state index is 0.413. The normalized spacial score (nSPS) is 11.0. The predicted molar refractivity (Wildman–Crippen MR) is 64.6 cm³/mol. The second-order valence-corrected chi connectivity index (χ2v) is 4.99. The quantitative estimate of drug-likeness (QED) is 0.781. The van der Waals surface area contributed by atoms with E-state index in [1.807, 2.05) is 6.07 Å². The molecule has 74 valence electrons. The predicted octanol–water partition coefficient (Wildman–Crippen LogP) is 3.89. The molecule has 0 aliphatic carbocycles. The van der Waals surface area contributed by atoms with Gasteiger partial charge in [-0.25, -0.2) is 0 Å². The molecule has 0 amide bonds. The number of thioether (sulfide) groups is 1. The smallest absolute Gasteiger partial charge is 0.172 e. The van der Waals surface area contributed by atoms with Crippen LogP contribution in [0.5, 0.6) is 5.06 Å². The first-order valence-electron chi connectivity index (χ1n) is 4.54. The minimum Gasteiger partial charge on any atom is -0.499 e. The van der Waals surface area contributed by atoms with Crippen LogP contribution in [0.25, 0.3) is 10.1 Å². The SMILES string of the molecule is CCc1ccc(SC)c2cc(O)sc12. The third-order valence-corrected chi connectivity index (χ3v) is 4.12. The summed E-state index contributed by atoms with van der Waals surface area (Å²) in [6, 6.07) is 6.16. The van der Waals surface area contributed by atoms with Gasteiger partial charge in [-0.2, -0.15) is 0 Å². The molecule has 14 heavy (non-hydrogen) atoms.